The number of fused-ring (bicyclic) bond motifs is 1. The van der Waals surface area contributed by atoms with Gasteiger partial charge in [-0.1, -0.05) is 0 Å². The standard InChI is InChI=1S/C16H17N5O3S/c1-11-14(15-17-9-4-10-21(15)19-11)16(22)18-12-5-7-13(8-6-12)25(23,24)20(2)3/h4-10H,1-3H3,(H,18,22). The topological polar surface area (TPSA) is 96.7 Å². The summed E-state index contributed by atoms with van der Waals surface area (Å²) in [5.74, 6) is -0.352. The molecule has 0 saturated heterocycles. The first kappa shape index (κ1) is 17.1. The zero-order valence-electron chi connectivity index (χ0n) is 14.0. The van der Waals surface area contributed by atoms with E-state index in [0.29, 0.717) is 22.6 Å². The lowest BCUT2D eigenvalue weighted by Gasteiger charge is -2.12. The Morgan fingerprint density at radius 3 is 2.52 bits per heavy atom. The minimum Gasteiger partial charge on any atom is -0.322 e. The van der Waals surface area contributed by atoms with Crippen molar-refractivity contribution < 1.29 is 13.2 Å². The van der Waals surface area contributed by atoms with Gasteiger partial charge < -0.3 is 5.32 Å². The molecule has 0 bridgehead atoms. The van der Waals surface area contributed by atoms with Crippen LogP contribution in [0, 0.1) is 6.92 Å². The van der Waals surface area contributed by atoms with Crippen molar-refractivity contribution in [1.29, 1.82) is 0 Å². The minimum atomic E-state index is -3.50. The van der Waals surface area contributed by atoms with Crippen molar-refractivity contribution in [1.82, 2.24) is 18.9 Å². The summed E-state index contributed by atoms with van der Waals surface area (Å²) in [6, 6.07) is 7.72. The molecule has 2 aromatic heterocycles. The van der Waals surface area contributed by atoms with E-state index in [1.165, 1.54) is 30.7 Å². The highest BCUT2D eigenvalue weighted by atomic mass is 32.2. The number of benzene rings is 1. The molecule has 0 aliphatic carbocycles. The lowest BCUT2D eigenvalue weighted by Crippen LogP contribution is -2.22. The molecule has 25 heavy (non-hydrogen) atoms. The molecule has 0 unspecified atom stereocenters. The lowest BCUT2D eigenvalue weighted by molar-refractivity contribution is 0.102. The number of aryl methyl sites for hydroxylation is 1. The molecule has 130 valence electrons. The summed E-state index contributed by atoms with van der Waals surface area (Å²) in [5, 5.41) is 6.99. The van der Waals surface area contributed by atoms with Crippen LogP contribution in [0.25, 0.3) is 5.65 Å². The van der Waals surface area contributed by atoms with Gasteiger partial charge in [-0.2, -0.15) is 5.10 Å². The van der Waals surface area contributed by atoms with E-state index in [0.717, 1.165) is 4.31 Å². The summed E-state index contributed by atoms with van der Waals surface area (Å²) in [4.78, 5) is 16.9. The molecule has 1 N–H and O–H groups in total. The lowest BCUT2D eigenvalue weighted by atomic mass is 10.2. The molecule has 0 saturated carbocycles. The fraction of sp³-hybridized carbons (Fsp3) is 0.188. The maximum absolute atomic E-state index is 12.6. The van der Waals surface area contributed by atoms with E-state index in [2.05, 4.69) is 15.4 Å². The number of carbonyl (C=O) groups is 1. The van der Waals surface area contributed by atoms with Gasteiger partial charge in [-0.25, -0.2) is 22.2 Å². The zero-order valence-corrected chi connectivity index (χ0v) is 14.8. The second kappa shape index (κ2) is 6.26. The minimum absolute atomic E-state index is 0.157. The van der Waals surface area contributed by atoms with Crippen molar-refractivity contribution in [3.8, 4) is 0 Å². The van der Waals surface area contributed by atoms with Gasteiger partial charge in [0.2, 0.25) is 10.0 Å². The predicted molar refractivity (Wildman–Crippen MR) is 93.0 cm³/mol. The van der Waals surface area contributed by atoms with Crippen molar-refractivity contribution in [2.75, 3.05) is 19.4 Å². The van der Waals surface area contributed by atoms with E-state index < -0.39 is 10.0 Å². The smallest absolute Gasteiger partial charge is 0.261 e. The molecule has 1 aromatic carbocycles. The Hall–Kier alpha value is -2.78. The molecule has 0 fully saturated rings. The summed E-state index contributed by atoms with van der Waals surface area (Å²) < 4.78 is 26.8. The zero-order chi connectivity index (χ0) is 18.2. The summed E-state index contributed by atoms with van der Waals surface area (Å²) in [6.45, 7) is 1.73. The Balaban J connectivity index is 1.87. The van der Waals surface area contributed by atoms with Crippen molar-refractivity contribution in [3.05, 3.63) is 54.0 Å². The predicted octanol–water partition coefficient (Wildman–Crippen LogP) is 1.54. The molecule has 8 nitrogen and oxygen atoms in total. The van der Waals surface area contributed by atoms with E-state index in [1.807, 2.05) is 0 Å². The van der Waals surface area contributed by atoms with Crippen LogP contribution < -0.4 is 5.32 Å². The molecule has 9 heteroatoms. The van der Waals surface area contributed by atoms with Crippen LogP contribution in [0.1, 0.15) is 16.1 Å². The number of carbonyl (C=O) groups excluding carboxylic acids is 1. The van der Waals surface area contributed by atoms with Crippen LogP contribution in [0.3, 0.4) is 0 Å². The number of amides is 1. The third-order valence-corrected chi connectivity index (χ3v) is 5.52. The van der Waals surface area contributed by atoms with Crippen LogP contribution in [0.4, 0.5) is 5.69 Å². The fourth-order valence-electron chi connectivity index (χ4n) is 2.38. The maximum atomic E-state index is 12.6. The third kappa shape index (κ3) is 3.11. The number of hydrogen-bond acceptors (Lipinski definition) is 5. The van der Waals surface area contributed by atoms with Crippen LogP contribution in [-0.4, -0.2) is 47.3 Å². The molecule has 3 rings (SSSR count). The molecule has 1 amide bonds. The third-order valence-electron chi connectivity index (χ3n) is 3.69. The number of nitrogens with zero attached hydrogens (tertiary/aromatic N) is 4. The highest BCUT2D eigenvalue weighted by molar-refractivity contribution is 7.89. The Morgan fingerprint density at radius 2 is 1.88 bits per heavy atom. The molecular weight excluding hydrogens is 342 g/mol. The molecule has 0 aliphatic rings. The largest absolute Gasteiger partial charge is 0.322 e. The Bertz CT molecular complexity index is 1040. The van der Waals surface area contributed by atoms with Gasteiger partial charge in [0.25, 0.3) is 5.91 Å². The summed E-state index contributed by atoms with van der Waals surface area (Å²) in [6.07, 6.45) is 3.31. The first-order chi connectivity index (χ1) is 11.8. The van der Waals surface area contributed by atoms with Gasteiger partial charge in [-0.05, 0) is 37.3 Å². The van der Waals surface area contributed by atoms with Crippen LogP contribution in [-0.2, 0) is 10.0 Å². The van der Waals surface area contributed by atoms with Gasteiger partial charge in [0.1, 0.15) is 5.56 Å². The first-order valence-corrected chi connectivity index (χ1v) is 8.88. The molecule has 2 heterocycles. The monoisotopic (exact) mass is 359 g/mol. The van der Waals surface area contributed by atoms with Gasteiger partial charge in [0.15, 0.2) is 5.65 Å². The number of hydrogen-bond donors (Lipinski definition) is 1. The highest BCUT2D eigenvalue weighted by Gasteiger charge is 2.19. The summed E-state index contributed by atoms with van der Waals surface area (Å²) in [7, 11) is -0.575. The highest BCUT2D eigenvalue weighted by Crippen LogP contribution is 2.19. The Labute approximate surface area is 145 Å². The fourth-order valence-corrected chi connectivity index (χ4v) is 3.28. The molecule has 0 radical (unpaired) electrons. The van der Waals surface area contributed by atoms with Crippen LogP contribution in [0.15, 0.2) is 47.6 Å². The van der Waals surface area contributed by atoms with E-state index in [4.69, 9.17) is 0 Å². The van der Waals surface area contributed by atoms with Crippen molar-refractivity contribution in [3.63, 3.8) is 0 Å². The number of anilines is 1. The van der Waals surface area contributed by atoms with Gasteiger partial charge in [0, 0.05) is 32.2 Å². The molecule has 3 aromatic rings. The van der Waals surface area contributed by atoms with E-state index in [9.17, 15) is 13.2 Å². The van der Waals surface area contributed by atoms with Crippen molar-refractivity contribution in [2.45, 2.75) is 11.8 Å². The maximum Gasteiger partial charge on any atom is 0.261 e. The molecular formula is C16H17N5O3S. The van der Waals surface area contributed by atoms with Crippen LogP contribution in [0.5, 0.6) is 0 Å². The average Bonchev–Trinajstić information content (AvgIpc) is 2.91. The summed E-state index contributed by atoms with van der Waals surface area (Å²) in [5.41, 5.74) is 1.88. The number of aromatic nitrogens is 3. The van der Waals surface area contributed by atoms with Gasteiger partial charge in [0.05, 0.1) is 10.6 Å². The number of rotatable bonds is 4. The second-order valence-corrected chi connectivity index (χ2v) is 7.77. The van der Waals surface area contributed by atoms with Crippen molar-refractivity contribution >= 4 is 27.3 Å². The van der Waals surface area contributed by atoms with Crippen LogP contribution in [0.2, 0.25) is 0 Å². The molecule has 0 aliphatic heterocycles. The average molecular weight is 359 g/mol. The summed E-state index contributed by atoms with van der Waals surface area (Å²) >= 11 is 0. The quantitative estimate of drug-likeness (QED) is 0.762. The Kier molecular flexibility index (Phi) is 4.27. The van der Waals surface area contributed by atoms with Gasteiger partial charge in [-0.3, -0.25) is 4.79 Å². The molecule has 0 atom stereocenters. The normalized spacial score (nSPS) is 11.8. The Morgan fingerprint density at radius 1 is 1.20 bits per heavy atom. The van der Waals surface area contributed by atoms with Crippen LogP contribution >= 0.6 is 0 Å². The number of nitrogens with one attached hydrogen (secondary N) is 1. The first-order valence-electron chi connectivity index (χ1n) is 7.44. The van der Waals surface area contributed by atoms with Gasteiger partial charge in [-0.15, -0.1) is 0 Å². The van der Waals surface area contributed by atoms with Crippen molar-refractivity contribution in [2.24, 2.45) is 0 Å². The van der Waals surface area contributed by atoms with E-state index in [1.54, 1.807) is 37.5 Å². The second-order valence-electron chi connectivity index (χ2n) is 5.61. The van der Waals surface area contributed by atoms with E-state index >= 15 is 0 Å². The van der Waals surface area contributed by atoms with E-state index in [-0.39, 0.29) is 10.8 Å². The molecule has 0 spiro atoms. The number of sulfonamides is 1. The SMILES string of the molecule is Cc1nn2cccnc2c1C(=O)Nc1ccc(S(=O)(=O)N(C)C)cc1. The van der Waals surface area contributed by atoms with Gasteiger partial charge >= 0.3 is 0 Å².